The van der Waals surface area contributed by atoms with Gasteiger partial charge in [0.05, 0.1) is 11.5 Å². The minimum Gasteiger partial charge on any atom is -0.493 e. The van der Waals surface area contributed by atoms with Crippen LogP contribution in [0.1, 0.15) is 12.0 Å². The first kappa shape index (κ1) is 16.7. The molecule has 1 aliphatic heterocycles. The van der Waals surface area contributed by atoms with E-state index in [1.54, 1.807) is 6.07 Å². The highest BCUT2D eigenvalue weighted by molar-refractivity contribution is 7.80. The first-order valence-electron chi connectivity index (χ1n) is 6.77. The number of ether oxygens (including phenoxy) is 1. The summed E-state index contributed by atoms with van der Waals surface area (Å²) < 4.78 is 88.2. The fraction of sp³-hybridized carbons (Fsp3) is 0.200. The van der Waals surface area contributed by atoms with Crippen LogP contribution < -0.4 is 8.92 Å². The lowest BCUT2D eigenvalue weighted by atomic mass is 10.1. The Balaban J connectivity index is 1.93. The van der Waals surface area contributed by atoms with E-state index < -0.39 is 45.9 Å². The van der Waals surface area contributed by atoms with E-state index in [1.165, 1.54) is 12.1 Å². The van der Waals surface area contributed by atoms with Crippen molar-refractivity contribution in [2.45, 2.75) is 17.7 Å². The van der Waals surface area contributed by atoms with Gasteiger partial charge in [-0.25, -0.2) is 17.4 Å². The van der Waals surface area contributed by atoms with E-state index in [2.05, 4.69) is 4.18 Å². The molecule has 0 aliphatic carbocycles. The van der Waals surface area contributed by atoms with Crippen LogP contribution in [-0.2, 0) is 17.5 Å². The van der Waals surface area contributed by atoms with Gasteiger partial charge in [-0.2, -0.15) is 8.78 Å². The number of hydrogen-bond acceptors (Lipinski definition) is 3. The van der Waals surface area contributed by atoms with Gasteiger partial charge in [0.25, 0.3) is 0 Å². The maximum Gasteiger partial charge on any atom is 0.240 e. The molecule has 0 amide bonds. The first-order chi connectivity index (χ1) is 11.4. The van der Waals surface area contributed by atoms with Gasteiger partial charge in [0.15, 0.2) is 0 Å². The third kappa shape index (κ3) is 2.83. The third-order valence-electron chi connectivity index (χ3n) is 3.41. The van der Waals surface area contributed by atoms with E-state index in [0.29, 0.717) is 12.4 Å². The summed E-state index contributed by atoms with van der Waals surface area (Å²) in [5.41, 5.74) is 0.859. The van der Waals surface area contributed by atoms with Crippen LogP contribution in [0.2, 0.25) is 0 Å². The molecule has 1 heterocycles. The Morgan fingerprint density at radius 1 is 0.958 bits per heavy atom. The molecule has 0 spiro atoms. The van der Waals surface area contributed by atoms with Crippen LogP contribution in [0.4, 0.5) is 22.0 Å². The molecule has 0 fully saturated rings. The smallest absolute Gasteiger partial charge is 0.240 e. The number of fused-ring (bicyclic) bond motifs is 1. The SMILES string of the molecule is O=S(Oc1c(F)c(F)c(F)c(F)c1F)c1ccc2c(c1)OCCC2. The Morgan fingerprint density at radius 2 is 1.58 bits per heavy atom. The zero-order valence-electron chi connectivity index (χ0n) is 11.9. The minimum atomic E-state index is -2.49. The van der Waals surface area contributed by atoms with Gasteiger partial charge >= 0.3 is 0 Å². The quantitative estimate of drug-likeness (QED) is 0.472. The average Bonchev–Trinajstić information content (AvgIpc) is 2.61. The van der Waals surface area contributed by atoms with E-state index in [1.807, 2.05) is 0 Å². The summed E-state index contributed by atoms with van der Waals surface area (Å²) >= 11 is -2.49. The fourth-order valence-corrected chi connectivity index (χ4v) is 2.98. The lowest BCUT2D eigenvalue weighted by molar-refractivity contribution is 0.287. The monoisotopic (exact) mass is 364 g/mol. The molecule has 128 valence electrons. The summed E-state index contributed by atoms with van der Waals surface area (Å²) in [4.78, 5) is -0.0282. The summed E-state index contributed by atoms with van der Waals surface area (Å²) in [6.45, 7) is 0.460. The van der Waals surface area contributed by atoms with Crippen LogP contribution >= 0.6 is 0 Å². The molecular formula is C15H9F5O3S. The zero-order chi connectivity index (χ0) is 17.4. The molecule has 3 rings (SSSR count). The van der Waals surface area contributed by atoms with Gasteiger partial charge in [0.1, 0.15) is 5.75 Å². The van der Waals surface area contributed by atoms with Crippen molar-refractivity contribution in [3.05, 3.63) is 52.8 Å². The topological polar surface area (TPSA) is 35.5 Å². The van der Waals surface area contributed by atoms with Crippen molar-refractivity contribution in [2.75, 3.05) is 6.61 Å². The Bertz CT molecular complexity index is 811. The summed E-state index contributed by atoms with van der Waals surface area (Å²) in [7, 11) is 0. The van der Waals surface area contributed by atoms with Gasteiger partial charge in [0, 0.05) is 0 Å². The highest BCUT2D eigenvalue weighted by Gasteiger charge is 2.29. The fourth-order valence-electron chi connectivity index (χ4n) is 2.21. The van der Waals surface area contributed by atoms with E-state index in [0.717, 1.165) is 18.4 Å². The predicted octanol–water partition coefficient (Wildman–Crippen LogP) is 3.81. The molecule has 2 aromatic rings. The molecule has 0 aromatic heterocycles. The van der Waals surface area contributed by atoms with Gasteiger partial charge in [-0.1, -0.05) is 6.07 Å². The standard InChI is InChI=1S/C15H9F5O3S/c16-10-11(17)13(19)15(14(20)12(10)18)23-24(21)8-4-3-7-2-1-5-22-9(7)6-8/h3-4,6H,1-2,5H2. The highest BCUT2D eigenvalue weighted by Crippen LogP contribution is 2.32. The van der Waals surface area contributed by atoms with E-state index in [-0.39, 0.29) is 4.90 Å². The zero-order valence-corrected chi connectivity index (χ0v) is 12.7. The van der Waals surface area contributed by atoms with Gasteiger partial charge < -0.3 is 8.92 Å². The molecule has 1 unspecified atom stereocenters. The summed E-state index contributed by atoms with van der Waals surface area (Å²) in [6, 6.07) is 4.32. The number of halogens is 5. The van der Waals surface area contributed by atoms with Crippen LogP contribution in [0.25, 0.3) is 0 Å². The van der Waals surface area contributed by atoms with Crippen LogP contribution in [0.5, 0.6) is 11.5 Å². The second-order valence-electron chi connectivity index (χ2n) is 4.94. The number of hydrogen-bond donors (Lipinski definition) is 0. The second-order valence-corrected chi connectivity index (χ2v) is 6.05. The Hall–Kier alpha value is -2.16. The summed E-state index contributed by atoms with van der Waals surface area (Å²) in [5.74, 6) is -12.2. The van der Waals surface area contributed by atoms with Crippen molar-refractivity contribution < 1.29 is 35.1 Å². The minimum absolute atomic E-state index is 0.0282. The van der Waals surface area contributed by atoms with Crippen molar-refractivity contribution in [1.29, 1.82) is 0 Å². The van der Waals surface area contributed by atoms with Crippen molar-refractivity contribution in [2.24, 2.45) is 0 Å². The first-order valence-corrected chi connectivity index (χ1v) is 7.85. The molecule has 9 heteroatoms. The highest BCUT2D eigenvalue weighted by atomic mass is 32.2. The third-order valence-corrected chi connectivity index (χ3v) is 4.36. The van der Waals surface area contributed by atoms with Crippen molar-refractivity contribution >= 4 is 11.1 Å². The van der Waals surface area contributed by atoms with Crippen LogP contribution in [0.3, 0.4) is 0 Å². The number of aryl methyl sites for hydroxylation is 1. The normalized spacial score (nSPS) is 14.7. The van der Waals surface area contributed by atoms with Gasteiger partial charge in [0.2, 0.25) is 45.9 Å². The predicted molar refractivity (Wildman–Crippen MR) is 73.5 cm³/mol. The van der Waals surface area contributed by atoms with E-state index >= 15 is 0 Å². The van der Waals surface area contributed by atoms with Crippen LogP contribution in [0, 0.1) is 29.1 Å². The second kappa shape index (κ2) is 6.39. The number of rotatable bonds is 3. The van der Waals surface area contributed by atoms with Crippen LogP contribution in [0.15, 0.2) is 23.1 Å². The molecule has 0 saturated carbocycles. The van der Waals surface area contributed by atoms with Gasteiger partial charge in [-0.05, 0) is 30.5 Å². The Morgan fingerprint density at radius 3 is 2.25 bits per heavy atom. The molecule has 0 radical (unpaired) electrons. The molecular weight excluding hydrogens is 355 g/mol. The molecule has 0 saturated heterocycles. The summed E-state index contributed by atoms with van der Waals surface area (Å²) in [6.07, 6.45) is 1.57. The molecule has 0 N–H and O–H groups in total. The maximum absolute atomic E-state index is 13.5. The maximum atomic E-state index is 13.5. The molecule has 1 aliphatic rings. The molecule has 0 bridgehead atoms. The van der Waals surface area contributed by atoms with E-state index in [4.69, 9.17) is 4.74 Å². The Labute approximate surface area is 135 Å². The molecule has 2 aromatic carbocycles. The number of benzene rings is 2. The van der Waals surface area contributed by atoms with Crippen molar-refractivity contribution in [3.8, 4) is 11.5 Å². The lowest BCUT2D eigenvalue weighted by Gasteiger charge is -2.17. The lowest BCUT2D eigenvalue weighted by Crippen LogP contribution is -2.11. The van der Waals surface area contributed by atoms with Crippen molar-refractivity contribution in [1.82, 2.24) is 0 Å². The van der Waals surface area contributed by atoms with E-state index in [9.17, 15) is 26.2 Å². The molecule has 24 heavy (non-hydrogen) atoms. The molecule has 1 atom stereocenters. The van der Waals surface area contributed by atoms with Gasteiger partial charge in [-0.15, -0.1) is 0 Å². The van der Waals surface area contributed by atoms with Crippen LogP contribution in [-0.4, -0.2) is 10.8 Å². The van der Waals surface area contributed by atoms with Gasteiger partial charge in [-0.3, -0.25) is 0 Å². The Kier molecular flexibility index (Phi) is 4.44. The summed E-state index contributed by atoms with van der Waals surface area (Å²) in [5, 5.41) is 0. The van der Waals surface area contributed by atoms with Crippen molar-refractivity contribution in [3.63, 3.8) is 0 Å². The average molecular weight is 364 g/mol. The molecule has 3 nitrogen and oxygen atoms in total. The largest absolute Gasteiger partial charge is 0.493 e.